The molecule has 1 heterocycles. The first-order valence-electron chi connectivity index (χ1n) is 8.51. The molecule has 0 radical (unpaired) electrons. The highest BCUT2D eigenvalue weighted by Gasteiger charge is 2.30. The lowest BCUT2D eigenvalue weighted by atomic mass is 9.88. The van der Waals surface area contributed by atoms with Gasteiger partial charge in [0, 0.05) is 17.1 Å². The van der Waals surface area contributed by atoms with E-state index in [0.717, 1.165) is 48.1 Å². The van der Waals surface area contributed by atoms with Gasteiger partial charge in [0.15, 0.2) is 0 Å². The number of methoxy groups -OCH3 is 1. The number of phenolic OH excluding ortho intramolecular Hbond substituents is 1. The summed E-state index contributed by atoms with van der Waals surface area (Å²) in [6.45, 7) is 4.32. The van der Waals surface area contributed by atoms with E-state index in [4.69, 9.17) is 4.74 Å². The third-order valence-electron chi connectivity index (χ3n) is 4.78. The molecule has 1 atom stereocenters. The molecule has 0 amide bonds. The summed E-state index contributed by atoms with van der Waals surface area (Å²) in [5.74, 6) is 1.27. The second-order valence-electron chi connectivity index (χ2n) is 6.32. The van der Waals surface area contributed by atoms with Crippen molar-refractivity contribution in [2.75, 3.05) is 20.2 Å². The molecule has 2 aromatic carbocycles. The highest BCUT2D eigenvalue weighted by Crippen LogP contribution is 2.40. The molecular formula is C20H24BrNO2. The Morgan fingerprint density at radius 1 is 1.29 bits per heavy atom. The highest BCUT2D eigenvalue weighted by atomic mass is 79.9. The maximum Gasteiger partial charge on any atom is 0.120 e. The summed E-state index contributed by atoms with van der Waals surface area (Å²) < 4.78 is 6.52. The average Bonchev–Trinajstić information content (AvgIpc) is 2.58. The Balaban J connectivity index is 2.02. The monoisotopic (exact) mass is 389 g/mol. The normalized spacial score (nSPS) is 17.5. The van der Waals surface area contributed by atoms with Crippen molar-refractivity contribution in [3.8, 4) is 11.5 Å². The van der Waals surface area contributed by atoms with Gasteiger partial charge in [0.25, 0.3) is 0 Å². The fourth-order valence-electron chi connectivity index (χ4n) is 3.63. The molecule has 0 bridgehead atoms. The molecule has 3 rings (SSSR count). The standard InChI is InChI=1S/C20H24BrNO2/c1-3-9-22-10-8-15-11-16(24-2)13-17(21)20(15)18(22)12-14-6-4-5-7-19(14)23/h4-7,11,13,18,23H,3,8-10,12H2,1-2H3. The number of aromatic hydroxyl groups is 1. The SMILES string of the molecule is CCCN1CCc2cc(OC)cc(Br)c2C1Cc1ccccc1O. The van der Waals surface area contributed by atoms with Gasteiger partial charge in [-0.15, -0.1) is 0 Å². The molecule has 128 valence electrons. The Morgan fingerprint density at radius 3 is 2.79 bits per heavy atom. The quantitative estimate of drug-likeness (QED) is 0.802. The van der Waals surface area contributed by atoms with Crippen LogP contribution in [0.5, 0.6) is 11.5 Å². The third-order valence-corrected chi connectivity index (χ3v) is 5.44. The zero-order valence-corrected chi connectivity index (χ0v) is 15.8. The van der Waals surface area contributed by atoms with Crippen LogP contribution in [0.25, 0.3) is 0 Å². The van der Waals surface area contributed by atoms with Gasteiger partial charge in [-0.2, -0.15) is 0 Å². The van der Waals surface area contributed by atoms with E-state index in [-0.39, 0.29) is 6.04 Å². The van der Waals surface area contributed by atoms with Gasteiger partial charge in [-0.25, -0.2) is 0 Å². The minimum Gasteiger partial charge on any atom is -0.508 e. The molecular weight excluding hydrogens is 366 g/mol. The molecule has 0 saturated heterocycles. The fourth-order valence-corrected chi connectivity index (χ4v) is 4.37. The van der Waals surface area contributed by atoms with Crippen molar-refractivity contribution >= 4 is 15.9 Å². The zero-order valence-electron chi connectivity index (χ0n) is 14.3. The van der Waals surface area contributed by atoms with E-state index in [1.807, 2.05) is 24.3 Å². The predicted molar refractivity (Wildman–Crippen MR) is 101 cm³/mol. The molecule has 0 aromatic heterocycles. The Bertz CT molecular complexity index is 717. The maximum absolute atomic E-state index is 10.2. The first-order chi connectivity index (χ1) is 11.6. The van der Waals surface area contributed by atoms with Gasteiger partial charge in [0.2, 0.25) is 0 Å². The number of nitrogens with zero attached hydrogens (tertiary/aromatic N) is 1. The zero-order chi connectivity index (χ0) is 17.1. The maximum atomic E-state index is 10.2. The molecule has 0 aliphatic carbocycles. The van der Waals surface area contributed by atoms with Crippen LogP contribution in [0.1, 0.15) is 36.1 Å². The number of rotatable bonds is 5. The van der Waals surface area contributed by atoms with E-state index in [1.165, 1.54) is 11.1 Å². The van der Waals surface area contributed by atoms with E-state index in [2.05, 4.69) is 33.8 Å². The number of ether oxygens (including phenoxy) is 1. The number of benzene rings is 2. The number of para-hydroxylation sites is 1. The van der Waals surface area contributed by atoms with Crippen molar-refractivity contribution < 1.29 is 9.84 Å². The number of halogens is 1. The lowest BCUT2D eigenvalue weighted by molar-refractivity contribution is 0.182. The minimum atomic E-state index is 0.266. The van der Waals surface area contributed by atoms with E-state index in [9.17, 15) is 5.11 Å². The Kier molecular flexibility index (Phi) is 5.47. The first kappa shape index (κ1) is 17.3. The molecule has 24 heavy (non-hydrogen) atoms. The van der Waals surface area contributed by atoms with Crippen LogP contribution in [0, 0.1) is 0 Å². The van der Waals surface area contributed by atoms with Gasteiger partial charge in [0.1, 0.15) is 11.5 Å². The van der Waals surface area contributed by atoms with Crippen LogP contribution in [-0.2, 0) is 12.8 Å². The Hall–Kier alpha value is -1.52. The summed E-state index contributed by atoms with van der Waals surface area (Å²) in [5.41, 5.74) is 3.67. The van der Waals surface area contributed by atoms with Crippen LogP contribution in [0.15, 0.2) is 40.9 Å². The second kappa shape index (κ2) is 7.58. The van der Waals surface area contributed by atoms with Crippen molar-refractivity contribution in [3.05, 3.63) is 57.6 Å². The molecule has 0 fully saturated rings. The summed E-state index contributed by atoms with van der Waals surface area (Å²) in [5, 5.41) is 10.2. The molecule has 0 saturated carbocycles. The summed E-state index contributed by atoms with van der Waals surface area (Å²) in [6, 6.07) is 12.1. The summed E-state index contributed by atoms with van der Waals surface area (Å²) in [4.78, 5) is 2.53. The molecule has 1 aliphatic heterocycles. The number of hydrogen-bond donors (Lipinski definition) is 1. The van der Waals surface area contributed by atoms with Crippen molar-refractivity contribution in [2.24, 2.45) is 0 Å². The predicted octanol–water partition coefficient (Wildman–Crippen LogP) is 4.72. The Labute approximate surface area is 152 Å². The molecule has 1 N–H and O–H groups in total. The van der Waals surface area contributed by atoms with Gasteiger partial charge in [0.05, 0.1) is 7.11 Å². The van der Waals surface area contributed by atoms with E-state index < -0.39 is 0 Å². The molecule has 1 aliphatic rings. The van der Waals surface area contributed by atoms with Crippen molar-refractivity contribution in [1.29, 1.82) is 0 Å². The van der Waals surface area contributed by atoms with Crippen molar-refractivity contribution in [3.63, 3.8) is 0 Å². The van der Waals surface area contributed by atoms with Crippen LogP contribution in [0.4, 0.5) is 0 Å². The van der Waals surface area contributed by atoms with Gasteiger partial charge < -0.3 is 9.84 Å². The van der Waals surface area contributed by atoms with E-state index in [0.29, 0.717) is 5.75 Å². The summed E-state index contributed by atoms with van der Waals surface area (Å²) in [6.07, 6.45) is 2.97. The smallest absolute Gasteiger partial charge is 0.120 e. The Morgan fingerprint density at radius 2 is 2.08 bits per heavy atom. The molecule has 1 unspecified atom stereocenters. The van der Waals surface area contributed by atoms with Crippen LogP contribution in [0.2, 0.25) is 0 Å². The number of hydrogen-bond acceptors (Lipinski definition) is 3. The fraction of sp³-hybridized carbons (Fsp3) is 0.400. The van der Waals surface area contributed by atoms with Crippen LogP contribution >= 0.6 is 15.9 Å². The van der Waals surface area contributed by atoms with Crippen LogP contribution < -0.4 is 4.74 Å². The van der Waals surface area contributed by atoms with Crippen molar-refractivity contribution in [1.82, 2.24) is 4.90 Å². The molecule has 0 spiro atoms. The molecule has 3 nitrogen and oxygen atoms in total. The third kappa shape index (κ3) is 3.45. The second-order valence-corrected chi connectivity index (χ2v) is 7.17. The van der Waals surface area contributed by atoms with E-state index in [1.54, 1.807) is 13.2 Å². The van der Waals surface area contributed by atoms with Gasteiger partial charge in [-0.05, 0) is 60.7 Å². The van der Waals surface area contributed by atoms with Gasteiger partial charge in [-0.1, -0.05) is 41.1 Å². The first-order valence-corrected chi connectivity index (χ1v) is 9.30. The average molecular weight is 390 g/mol. The molecule has 4 heteroatoms. The van der Waals surface area contributed by atoms with Crippen LogP contribution in [0.3, 0.4) is 0 Å². The van der Waals surface area contributed by atoms with Crippen molar-refractivity contribution in [2.45, 2.75) is 32.2 Å². The topological polar surface area (TPSA) is 32.7 Å². The van der Waals surface area contributed by atoms with Gasteiger partial charge in [-0.3, -0.25) is 4.90 Å². The summed E-state index contributed by atoms with van der Waals surface area (Å²) >= 11 is 3.76. The summed E-state index contributed by atoms with van der Waals surface area (Å²) in [7, 11) is 1.71. The molecule has 2 aromatic rings. The largest absolute Gasteiger partial charge is 0.508 e. The van der Waals surface area contributed by atoms with E-state index >= 15 is 0 Å². The van der Waals surface area contributed by atoms with Gasteiger partial charge >= 0.3 is 0 Å². The lowest BCUT2D eigenvalue weighted by Gasteiger charge is -2.38. The number of phenols is 1. The highest BCUT2D eigenvalue weighted by molar-refractivity contribution is 9.10. The number of fused-ring (bicyclic) bond motifs is 1. The lowest BCUT2D eigenvalue weighted by Crippen LogP contribution is -2.37. The van der Waals surface area contributed by atoms with Crippen LogP contribution in [-0.4, -0.2) is 30.2 Å². The minimum absolute atomic E-state index is 0.266.